The third kappa shape index (κ3) is 3.25. The molecule has 3 nitrogen and oxygen atoms in total. The van der Waals surface area contributed by atoms with E-state index in [0.29, 0.717) is 19.0 Å². The molecule has 1 aliphatic rings. The van der Waals surface area contributed by atoms with Crippen molar-refractivity contribution in [3.05, 3.63) is 48.0 Å². The summed E-state index contributed by atoms with van der Waals surface area (Å²) in [5.41, 5.74) is 7.07. The van der Waals surface area contributed by atoms with E-state index in [1.54, 1.807) is 0 Å². The highest BCUT2D eigenvalue weighted by Gasteiger charge is 2.46. The van der Waals surface area contributed by atoms with E-state index >= 15 is 0 Å². The molecule has 122 valence electrons. The molecule has 2 N–H and O–H groups in total. The third-order valence-electron chi connectivity index (χ3n) is 4.92. The zero-order valence-corrected chi connectivity index (χ0v) is 14.3. The van der Waals surface area contributed by atoms with Crippen molar-refractivity contribution in [3.8, 4) is 0 Å². The van der Waals surface area contributed by atoms with Crippen molar-refractivity contribution in [2.75, 3.05) is 20.1 Å². The second-order valence-electron chi connectivity index (χ2n) is 7.58. The number of amides is 1. The Hall–Kier alpha value is -1.87. The number of rotatable bonds is 5. The molecule has 0 aliphatic heterocycles. The molecule has 1 fully saturated rings. The van der Waals surface area contributed by atoms with Gasteiger partial charge in [-0.15, -0.1) is 0 Å². The van der Waals surface area contributed by atoms with E-state index < -0.39 is 0 Å². The fraction of sp³-hybridized carbons (Fsp3) is 0.450. The average Bonchev–Trinajstić information content (AvgIpc) is 3.33. The van der Waals surface area contributed by atoms with Gasteiger partial charge in [0, 0.05) is 19.5 Å². The minimum atomic E-state index is -0.0335. The van der Waals surface area contributed by atoms with Gasteiger partial charge in [-0.3, -0.25) is 4.79 Å². The molecule has 0 saturated heterocycles. The Morgan fingerprint density at radius 3 is 2.65 bits per heavy atom. The van der Waals surface area contributed by atoms with Crippen molar-refractivity contribution in [2.24, 2.45) is 17.1 Å². The lowest BCUT2D eigenvalue weighted by atomic mass is 9.93. The van der Waals surface area contributed by atoms with Crippen LogP contribution in [0.25, 0.3) is 10.8 Å². The van der Waals surface area contributed by atoms with Gasteiger partial charge in [-0.2, -0.15) is 0 Å². The molecule has 3 heteroatoms. The summed E-state index contributed by atoms with van der Waals surface area (Å²) in [6, 6.07) is 14.8. The van der Waals surface area contributed by atoms with Crippen molar-refractivity contribution < 1.29 is 4.79 Å². The maximum atomic E-state index is 12.7. The first kappa shape index (κ1) is 16.0. The predicted molar refractivity (Wildman–Crippen MR) is 95.3 cm³/mol. The Morgan fingerprint density at radius 1 is 1.22 bits per heavy atom. The second kappa shape index (κ2) is 5.97. The topological polar surface area (TPSA) is 46.3 Å². The minimum Gasteiger partial charge on any atom is -0.345 e. The lowest BCUT2D eigenvalue weighted by molar-refractivity contribution is -0.132. The first-order valence-corrected chi connectivity index (χ1v) is 8.36. The highest BCUT2D eigenvalue weighted by molar-refractivity contribution is 5.89. The van der Waals surface area contributed by atoms with Crippen LogP contribution in [-0.4, -0.2) is 30.9 Å². The van der Waals surface area contributed by atoms with Gasteiger partial charge in [0.15, 0.2) is 0 Å². The number of carbonyl (C=O) groups excluding carboxylic acids is 1. The molecular weight excluding hydrogens is 284 g/mol. The van der Waals surface area contributed by atoms with Crippen molar-refractivity contribution >= 4 is 16.7 Å². The molecule has 3 rings (SSSR count). The van der Waals surface area contributed by atoms with Gasteiger partial charge in [-0.05, 0) is 40.6 Å². The Labute approximate surface area is 138 Å². The van der Waals surface area contributed by atoms with Crippen molar-refractivity contribution in [3.63, 3.8) is 0 Å². The molecule has 2 aromatic carbocycles. The van der Waals surface area contributed by atoms with E-state index in [1.807, 2.05) is 11.9 Å². The maximum absolute atomic E-state index is 12.7. The van der Waals surface area contributed by atoms with Crippen LogP contribution in [0.15, 0.2) is 42.5 Å². The van der Waals surface area contributed by atoms with E-state index in [1.165, 1.54) is 16.3 Å². The second-order valence-corrected chi connectivity index (χ2v) is 7.58. The first-order chi connectivity index (χ1) is 10.9. The smallest absolute Gasteiger partial charge is 0.226 e. The van der Waals surface area contributed by atoms with Gasteiger partial charge in [0.2, 0.25) is 5.91 Å². The quantitative estimate of drug-likeness (QED) is 0.920. The predicted octanol–water partition coefficient (Wildman–Crippen LogP) is 3.39. The molecule has 0 bridgehead atoms. The summed E-state index contributed by atoms with van der Waals surface area (Å²) < 4.78 is 0. The molecule has 1 aliphatic carbocycles. The van der Waals surface area contributed by atoms with Crippen LogP contribution in [0.1, 0.15) is 31.7 Å². The van der Waals surface area contributed by atoms with Gasteiger partial charge in [0.05, 0.1) is 0 Å². The molecule has 0 radical (unpaired) electrons. The maximum Gasteiger partial charge on any atom is 0.226 e. The summed E-state index contributed by atoms with van der Waals surface area (Å²) in [5, 5.41) is 2.53. The van der Waals surface area contributed by atoms with E-state index in [-0.39, 0.29) is 17.2 Å². The van der Waals surface area contributed by atoms with Crippen LogP contribution in [0.3, 0.4) is 0 Å². The normalized spacial score (nSPS) is 20.5. The number of benzene rings is 2. The van der Waals surface area contributed by atoms with Gasteiger partial charge in [-0.25, -0.2) is 0 Å². The highest BCUT2D eigenvalue weighted by atomic mass is 16.2. The van der Waals surface area contributed by atoms with Crippen molar-refractivity contribution in [1.29, 1.82) is 0 Å². The molecule has 1 amide bonds. The molecule has 2 unspecified atom stereocenters. The first-order valence-electron chi connectivity index (χ1n) is 8.36. The van der Waals surface area contributed by atoms with E-state index in [9.17, 15) is 4.79 Å². The van der Waals surface area contributed by atoms with Crippen LogP contribution >= 0.6 is 0 Å². The number of carbonyl (C=O) groups is 1. The van der Waals surface area contributed by atoms with Crippen molar-refractivity contribution in [1.82, 2.24) is 4.90 Å². The molecule has 23 heavy (non-hydrogen) atoms. The summed E-state index contributed by atoms with van der Waals surface area (Å²) in [7, 11) is 1.90. The summed E-state index contributed by atoms with van der Waals surface area (Å²) in [4.78, 5) is 14.6. The summed E-state index contributed by atoms with van der Waals surface area (Å²) in [5.74, 6) is 0.737. The zero-order valence-electron chi connectivity index (χ0n) is 14.3. The van der Waals surface area contributed by atoms with Gasteiger partial charge in [0.25, 0.3) is 0 Å². The Balaban J connectivity index is 1.75. The number of fused-ring (bicyclic) bond motifs is 1. The standard InChI is InChI=1S/C20H26N2O/c1-20(2,12-21)13-22(3)19(23)18-11-17(18)16-10-6-8-14-7-4-5-9-15(14)16/h4-10,17-18H,11-13,21H2,1-3H3. The zero-order chi connectivity index (χ0) is 16.6. The molecule has 0 aromatic heterocycles. The lowest BCUT2D eigenvalue weighted by Crippen LogP contribution is -2.40. The molecule has 1 saturated carbocycles. The third-order valence-corrected chi connectivity index (χ3v) is 4.92. The number of nitrogens with two attached hydrogens (primary N) is 1. The number of hydrogen-bond donors (Lipinski definition) is 1. The summed E-state index contributed by atoms with van der Waals surface area (Å²) >= 11 is 0. The van der Waals surface area contributed by atoms with Crippen LogP contribution in [0.4, 0.5) is 0 Å². The van der Waals surface area contributed by atoms with E-state index in [4.69, 9.17) is 5.73 Å². The Morgan fingerprint density at radius 2 is 1.91 bits per heavy atom. The molecule has 2 atom stereocenters. The summed E-state index contributed by atoms with van der Waals surface area (Å²) in [6.07, 6.45) is 0.959. The van der Waals surface area contributed by atoms with Gasteiger partial charge in [-0.1, -0.05) is 56.3 Å². The number of hydrogen-bond acceptors (Lipinski definition) is 2. The molecule has 2 aromatic rings. The fourth-order valence-electron chi connectivity index (χ4n) is 3.45. The van der Waals surface area contributed by atoms with Crippen LogP contribution in [0, 0.1) is 11.3 Å². The molecule has 0 spiro atoms. The minimum absolute atomic E-state index is 0.0335. The number of nitrogens with zero attached hydrogens (tertiary/aromatic N) is 1. The fourth-order valence-corrected chi connectivity index (χ4v) is 3.45. The van der Waals surface area contributed by atoms with Crippen molar-refractivity contribution in [2.45, 2.75) is 26.2 Å². The van der Waals surface area contributed by atoms with E-state index in [0.717, 1.165) is 6.42 Å². The average molecular weight is 310 g/mol. The molecular formula is C20H26N2O. The van der Waals surface area contributed by atoms with Gasteiger partial charge >= 0.3 is 0 Å². The Kier molecular flexibility index (Phi) is 4.15. The Bertz CT molecular complexity index is 717. The summed E-state index contributed by atoms with van der Waals surface area (Å²) in [6.45, 7) is 5.50. The monoisotopic (exact) mass is 310 g/mol. The van der Waals surface area contributed by atoms with Crippen LogP contribution in [0.2, 0.25) is 0 Å². The highest BCUT2D eigenvalue weighted by Crippen LogP contribution is 2.50. The van der Waals surface area contributed by atoms with Crippen LogP contribution in [0.5, 0.6) is 0 Å². The van der Waals surface area contributed by atoms with Gasteiger partial charge in [0.1, 0.15) is 0 Å². The lowest BCUT2D eigenvalue weighted by Gasteiger charge is -2.29. The largest absolute Gasteiger partial charge is 0.345 e. The van der Waals surface area contributed by atoms with Crippen LogP contribution < -0.4 is 5.73 Å². The SMILES string of the molecule is CN(CC(C)(C)CN)C(=O)C1CC1c1cccc2ccccc12. The van der Waals surface area contributed by atoms with Crippen LogP contribution in [-0.2, 0) is 4.79 Å². The molecule has 0 heterocycles. The van der Waals surface area contributed by atoms with E-state index in [2.05, 4.69) is 56.3 Å². The van der Waals surface area contributed by atoms with Gasteiger partial charge < -0.3 is 10.6 Å².